The van der Waals surface area contributed by atoms with Crippen molar-refractivity contribution < 1.29 is 0 Å². The molecule has 0 bridgehead atoms. The Balaban J connectivity index is 2.71. The Morgan fingerprint density at radius 1 is 1.75 bits per heavy atom. The third-order valence-corrected chi connectivity index (χ3v) is 1.52. The SMILES string of the molecule is C=CC1C=CC=C1Cl. The minimum Gasteiger partial charge on any atom is -0.102 e. The van der Waals surface area contributed by atoms with E-state index < -0.39 is 0 Å². The fraction of sp³-hybridized carbons (Fsp3) is 0.143. The summed E-state index contributed by atoms with van der Waals surface area (Å²) in [7, 11) is 0. The largest absolute Gasteiger partial charge is 0.102 e. The Morgan fingerprint density at radius 2 is 2.50 bits per heavy atom. The van der Waals surface area contributed by atoms with E-state index in [1.807, 2.05) is 24.3 Å². The van der Waals surface area contributed by atoms with E-state index in [4.69, 9.17) is 11.6 Å². The average molecular weight is 127 g/mol. The average Bonchev–Trinajstić information content (AvgIpc) is 2.14. The number of allylic oxidation sites excluding steroid dienone is 5. The van der Waals surface area contributed by atoms with E-state index in [1.165, 1.54) is 0 Å². The molecule has 1 aliphatic rings. The van der Waals surface area contributed by atoms with E-state index in [0.29, 0.717) is 0 Å². The summed E-state index contributed by atoms with van der Waals surface area (Å²) in [6.45, 7) is 3.62. The summed E-state index contributed by atoms with van der Waals surface area (Å²) in [6.07, 6.45) is 7.65. The quantitative estimate of drug-likeness (QED) is 0.474. The van der Waals surface area contributed by atoms with Gasteiger partial charge in [-0.2, -0.15) is 0 Å². The molecule has 42 valence electrons. The second kappa shape index (κ2) is 2.19. The van der Waals surface area contributed by atoms with Gasteiger partial charge in [0.1, 0.15) is 0 Å². The highest BCUT2D eigenvalue weighted by atomic mass is 35.5. The third kappa shape index (κ3) is 0.846. The van der Waals surface area contributed by atoms with Crippen molar-refractivity contribution in [2.45, 2.75) is 0 Å². The molecule has 0 saturated carbocycles. The Bertz CT molecular complexity index is 154. The second-order valence-electron chi connectivity index (χ2n) is 1.70. The van der Waals surface area contributed by atoms with Crippen LogP contribution in [0.4, 0.5) is 0 Å². The Kier molecular flexibility index (Phi) is 1.54. The van der Waals surface area contributed by atoms with Crippen molar-refractivity contribution >= 4 is 11.6 Å². The number of hydrogen-bond donors (Lipinski definition) is 0. The second-order valence-corrected chi connectivity index (χ2v) is 2.13. The summed E-state index contributed by atoms with van der Waals surface area (Å²) in [6, 6.07) is 0. The first-order valence-corrected chi connectivity index (χ1v) is 2.89. The zero-order valence-corrected chi connectivity index (χ0v) is 5.23. The van der Waals surface area contributed by atoms with Gasteiger partial charge in [0.05, 0.1) is 0 Å². The molecular weight excluding hydrogens is 120 g/mol. The maximum atomic E-state index is 5.71. The third-order valence-electron chi connectivity index (χ3n) is 1.15. The van der Waals surface area contributed by atoms with Crippen LogP contribution in [0.15, 0.2) is 35.9 Å². The zero-order chi connectivity index (χ0) is 5.98. The summed E-state index contributed by atoms with van der Waals surface area (Å²) in [5, 5.41) is 0.861. The van der Waals surface area contributed by atoms with Gasteiger partial charge in [0.2, 0.25) is 0 Å². The normalized spacial score (nSPS) is 25.6. The van der Waals surface area contributed by atoms with E-state index in [1.54, 1.807) is 0 Å². The van der Waals surface area contributed by atoms with Crippen molar-refractivity contribution in [3.63, 3.8) is 0 Å². The molecule has 0 nitrogen and oxygen atoms in total. The lowest BCUT2D eigenvalue weighted by atomic mass is 10.2. The summed E-state index contributed by atoms with van der Waals surface area (Å²) in [5.74, 6) is 0.275. The lowest BCUT2D eigenvalue weighted by Gasteiger charge is -1.96. The molecule has 1 aliphatic carbocycles. The van der Waals surface area contributed by atoms with E-state index in [9.17, 15) is 0 Å². The Morgan fingerprint density at radius 3 is 2.75 bits per heavy atom. The highest BCUT2D eigenvalue weighted by Gasteiger charge is 2.05. The van der Waals surface area contributed by atoms with Gasteiger partial charge >= 0.3 is 0 Å². The van der Waals surface area contributed by atoms with Crippen LogP contribution in [0, 0.1) is 5.92 Å². The van der Waals surface area contributed by atoms with Crippen molar-refractivity contribution in [3.8, 4) is 0 Å². The molecule has 1 unspecified atom stereocenters. The molecular formula is C7H7Cl. The van der Waals surface area contributed by atoms with E-state index in [-0.39, 0.29) is 5.92 Å². The van der Waals surface area contributed by atoms with Crippen LogP contribution in [0.5, 0.6) is 0 Å². The molecule has 1 heteroatoms. The summed E-state index contributed by atoms with van der Waals surface area (Å²) in [5.41, 5.74) is 0. The molecule has 0 spiro atoms. The number of rotatable bonds is 1. The molecule has 0 saturated heterocycles. The molecule has 0 radical (unpaired) electrons. The Hall–Kier alpha value is -0.490. The van der Waals surface area contributed by atoms with Gasteiger partial charge in [0.15, 0.2) is 0 Å². The molecule has 0 aromatic heterocycles. The molecule has 0 aromatic carbocycles. The molecule has 0 aromatic rings. The van der Waals surface area contributed by atoms with Crippen LogP contribution >= 0.6 is 11.6 Å². The lowest BCUT2D eigenvalue weighted by molar-refractivity contribution is 1.07. The summed E-state index contributed by atoms with van der Waals surface area (Å²) < 4.78 is 0. The maximum Gasteiger partial charge on any atom is 0.0307 e. The van der Waals surface area contributed by atoms with Crippen LogP contribution in [-0.2, 0) is 0 Å². The van der Waals surface area contributed by atoms with Gasteiger partial charge in [-0.25, -0.2) is 0 Å². The monoisotopic (exact) mass is 126 g/mol. The van der Waals surface area contributed by atoms with Crippen LogP contribution in [0.3, 0.4) is 0 Å². The lowest BCUT2D eigenvalue weighted by Crippen LogP contribution is -1.83. The standard InChI is InChI=1S/C7H7Cl/c1-2-6-4-3-5-7(6)8/h2-6H,1H2. The molecule has 0 heterocycles. The predicted molar refractivity (Wildman–Crippen MR) is 36.8 cm³/mol. The van der Waals surface area contributed by atoms with Crippen LogP contribution < -0.4 is 0 Å². The van der Waals surface area contributed by atoms with Crippen LogP contribution in [0.2, 0.25) is 0 Å². The minimum absolute atomic E-state index is 0.275. The molecule has 1 atom stereocenters. The molecule has 1 rings (SSSR count). The van der Waals surface area contributed by atoms with E-state index in [2.05, 4.69) is 6.58 Å². The summed E-state index contributed by atoms with van der Waals surface area (Å²) >= 11 is 5.71. The van der Waals surface area contributed by atoms with E-state index >= 15 is 0 Å². The highest BCUT2D eigenvalue weighted by Crippen LogP contribution is 2.22. The Labute approximate surface area is 54.2 Å². The highest BCUT2D eigenvalue weighted by molar-refractivity contribution is 6.30. The van der Waals surface area contributed by atoms with Crippen LogP contribution in [-0.4, -0.2) is 0 Å². The van der Waals surface area contributed by atoms with Crippen molar-refractivity contribution in [2.75, 3.05) is 0 Å². The van der Waals surface area contributed by atoms with Gasteiger partial charge in [0.25, 0.3) is 0 Å². The van der Waals surface area contributed by atoms with Gasteiger partial charge in [-0.1, -0.05) is 29.8 Å². The first-order chi connectivity index (χ1) is 3.84. The predicted octanol–water partition coefficient (Wildman–Crippen LogP) is 2.48. The number of hydrogen-bond acceptors (Lipinski definition) is 0. The number of halogens is 1. The molecule has 0 fully saturated rings. The van der Waals surface area contributed by atoms with Gasteiger partial charge in [0, 0.05) is 11.0 Å². The van der Waals surface area contributed by atoms with Crippen LogP contribution in [0.25, 0.3) is 0 Å². The topological polar surface area (TPSA) is 0 Å². The van der Waals surface area contributed by atoms with Crippen molar-refractivity contribution in [1.82, 2.24) is 0 Å². The van der Waals surface area contributed by atoms with Crippen LogP contribution in [0.1, 0.15) is 0 Å². The van der Waals surface area contributed by atoms with Crippen molar-refractivity contribution in [3.05, 3.63) is 35.9 Å². The molecule has 0 N–H and O–H groups in total. The fourth-order valence-corrected chi connectivity index (χ4v) is 0.896. The van der Waals surface area contributed by atoms with Gasteiger partial charge in [-0.05, 0) is 6.08 Å². The molecule has 8 heavy (non-hydrogen) atoms. The van der Waals surface area contributed by atoms with Gasteiger partial charge in [-0.3, -0.25) is 0 Å². The smallest absolute Gasteiger partial charge is 0.0307 e. The zero-order valence-electron chi connectivity index (χ0n) is 4.47. The maximum absolute atomic E-state index is 5.71. The first kappa shape index (κ1) is 5.64. The first-order valence-electron chi connectivity index (χ1n) is 2.51. The fourth-order valence-electron chi connectivity index (χ4n) is 0.661. The molecule has 0 amide bonds. The van der Waals surface area contributed by atoms with Crippen molar-refractivity contribution in [2.24, 2.45) is 5.92 Å². The molecule has 0 aliphatic heterocycles. The minimum atomic E-state index is 0.275. The summed E-state index contributed by atoms with van der Waals surface area (Å²) in [4.78, 5) is 0. The van der Waals surface area contributed by atoms with Gasteiger partial charge < -0.3 is 0 Å². The van der Waals surface area contributed by atoms with Crippen molar-refractivity contribution in [1.29, 1.82) is 0 Å². The van der Waals surface area contributed by atoms with Gasteiger partial charge in [-0.15, -0.1) is 6.58 Å². The van der Waals surface area contributed by atoms with E-state index in [0.717, 1.165) is 5.03 Å².